The van der Waals surface area contributed by atoms with Gasteiger partial charge in [-0.05, 0) is 12.2 Å². The van der Waals surface area contributed by atoms with Crippen LogP contribution in [0.5, 0.6) is 0 Å². The van der Waals surface area contributed by atoms with Crippen LogP contribution in [0.4, 0.5) is 8.78 Å². The number of rotatable bonds is 2. The topological polar surface area (TPSA) is 32.3 Å². The third kappa shape index (κ3) is 2.10. The number of nitrogens with one attached hydrogen (secondary N) is 1. The maximum absolute atomic E-state index is 12.7. The van der Waals surface area contributed by atoms with E-state index in [0.29, 0.717) is 0 Å². The summed E-state index contributed by atoms with van der Waals surface area (Å²) in [4.78, 5) is 0. The van der Waals surface area contributed by atoms with Gasteiger partial charge in [-0.15, -0.1) is 0 Å². The zero-order chi connectivity index (χ0) is 8.27. The maximum Gasteiger partial charge on any atom is 0.140 e. The predicted molar refractivity (Wildman–Crippen MR) is 37.2 cm³/mol. The second kappa shape index (κ2) is 3.59. The second-order valence-electron chi connectivity index (χ2n) is 2.24. The van der Waals surface area contributed by atoms with Crippen molar-refractivity contribution in [2.24, 2.45) is 0 Å². The number of halogens is 2. The van der Waals surface area contributed by atoms with Gasteiger partial charge >= 0.3 is 0 Å². The van der Waals surface area contributed by atoms with Gasteiger partial charge in [0.1, 0.15) is 12.0 Å². The standard InChI is InChI=1S/C7H9F2NO/c8-5-1-2-7(10-4-11)6(9)3-5/h1-3,6-7,10-11H,4H2. The molecule has 0 aliphatic heterocycles. The fraction of sp³-hybridized carbons (Fsp3) is 0.429. The highest BCUT2D eigenvalue weighted by Gasteiger charge is 2.18. The van der Waals surface area contributed by atoms with E-state index in [-0.39, 0.29) is 6.73 Å². The van der Waals surface area contributed by atoms with Gasteiger partial charge in [0.15, 0.2) is 0 Å². The Balaban J connectivity index is 2.54. The molecule has 1 rings (SSSR count). The highest BCUT2D eigenvalue weighted by molar-refractivity contribution is 5.23. The number of hydrogen-bond donors (Lipinski definition) is 2. The number of allylic oxidation sites excluding steroid dienone is 2. The molecule has 0 saturated heterocycles. The van der Waals surface area contributed by atoms with Crippen molar-refractivity contribution < 1.29 is 13.9 Å². The SMILES string of the molecule is OCNC1C=CC(F)=CC1F. The van der Waals surface area contributed by atoms with Gasteiger partial charge < -0.3 is 5.11 Å². The van der Waals surface area contributed by atoms with Gasteiger partial charge in [-0.25, -0.2) is 8.78 Å². The molecular weight excluding hydrogens is 152 g/mol. The van der Waals surface area contributed by atoms with Crippen molar-refractivity contribution >= 4 is 0 Å². The Labute approximate surface area is 63.2 Å². The van der Waals surface area contributed by atoms with E-state index in [1.165, 1.54) is 12.2 Å². The van der Waals surface area contributed by atoms with Crippen LogP contribution in [0.25, 0.3) is 0 Å². The van der Waals surface area contributed by atoms with Gasteiger partial charge in [-0.2, -0.15) is 0 Å². The summed E-state index contributed by atoms with van der Waals surface area (Å²) >= 11 is 0. The van der Waals surface area contributed by atoms with Gasteiger partial charge in [-0.1, -0.05) is 6.08 Å². The van der Waals surface area contributed by atoms with Crippen molar-refractivity contribution in [2.75, 3.05) is 6.73 Å². The fourth-order valence-electron chi connectivity index (χ4n) is 0.899. The molecule has 0 radical (unpaired) electrons. The smallest absolute Gasteiger partial charge is 0.140 e. The van der Waals surface area contributed by atoms with Crippen LogP contribution in [-0.4, -0.2) is 24.1 Å². The van der Waals surface area contributed by atoms with E-state index >= 15 is 0 Å². The fourth-order valence-corrected chi connectivity index (χ4v) is 0.899. The Morgan fingerprint density at radius 3 is 2.91 bits per heavy atom. The molecule has 0 aromatic carbocycles. The van der Waals surface area contributed by atoms with Gasteiger partial charge in [0, 0.05) is 0 Å². The molecule has 11 heavy (non-hydrogen) atoms. The number of aliphatic hydroxyl groups is 1. The lowest BCUT2D eigenvalue weighted by Gasteiger charge is -2.17. The molecule has 0 bridgehead atoms. The molecule has 62 valence electrons. The van der Waals surface area contributed by atoms with E-state index < -0.39 is 18.0 Å². The molecule has 4 heteroatoms. The first-order valence-corrected chi connectivity index (χ1v) is 3.28. The van der Waals surface area contributed by atoms with Crippen molar-refractivity contribution in [1.82, 2.24) is 5.32 Å². The number of aliphatic hydroxyl groups excluding tert-OH is 1. The minimum absolute atomic E-state index is 0.315. The first kappa shape index (κ1) is 8.36. The Hall–Kier alpha value is -0.740. The lowest BCUT2D eigenvalue weighted by molar-refractivity contribution is 0.220. The third-order valence-corrected chi connectivity index (χ3v) is 1.45. The normalized spacial score (nSPS) is 30.3. The molecule has 1 aliphatic rings. The lowest BCUT2D eigenvalue weighted by atomic mass is 10.1. The Morgan fingerprint density at radius 2 is 2.36 bits per heavy atom. The Kier molecular flexibility index (Phi) is 2.73. The van der Waals surface area contributed by atoms with Crippen LogP contribution in [-0.2, 0) is 0 Å². The molecule has 0 heterocycles. The van der Waals surface area contributed by atoms with Crippen LogP contribution < -0.4 is 5.32 Å². The highest BCUT2D eigenvalue weighted by Crippen LogP contribution is 2.14. The highest BCUT2D eigenvalue weighted by atomic mass is 19.1. The molecule has 0 saturated carbocycles. The van der Waals surface area contributed by atoms with E-state index in [1.807, 2.05) is 0 Å². The first-order valence-electron chi connectivity index (χ1n) is 3.28. The summed E-state index contributed by atoms with van der Waals surface area (Å²) in [5.41, 5.74) is 0. The van der Waals surface area contributed by atoms with Crippen LogP contribution in [0.15, 0.2) is 24.1 Å². The van der Waals surface area contributed by atoms with Crippen molar-refractivity contribution in [3.8, 4) is 0 Å². The molecule has 2 atom stereocenters. The monoisotopic (exact) mass is 161 g/mol. The van der Waals surface area contributed by atoms with Gasteiger partial charge in [0.05, 0.1) is 12.8 Å². The largest absolute Gasteiger partial charge is 0.381 e. The molecular formula is C7H9F2NO. The lowest BCUT2D eigenvalue weighted by Crippen LogP contribution is -2.36. The van der Waals surface area contributed by atoms with Crippen LogP contribution in [0.2, 0.25) is 0 Å². The number of alkyl halides is 1. The average molecular weight is 161 g/mol. The summed E-state index contributed by atoms with van der Waals surface area (Å²) < 4.78 is 25.0. The molecule has 0 aromatic heterocycles. The van der Waals surface area contributed by atoms with E-state index in [1.54, 1.807) is 0 Å². The summed E-state index contributed by atoms with van der Waals surface area (Å²) in [5.74, 6) is -0.575. The Morgan fingerprint density at radius 1 is 1.64 bits per heavy atom. The van der Waals surface area contributed by atoms with Crippen molar-refractivity contribution in [3.05, 3.63) is 24.1 Å². The van der Waals surface area contributed by atoms with E-state index in [4.69, 9.17) is 5.11 Å². The quantitative estimate of drug-likeness (QED) is 0.583. The molecule has 2 N–H and O–H groups in total. The molecule has 0 spiro atoms. The summed E-state index contributed by atoms with van der Waals surface area (Å²) in [6.07, 6.45) is 1.99. The third-order valence-electron chi connectivity index (χ3n) is 1.45. The van der Waals surface area contributed by atoms with Crippen molar-refractivity contribution in [3.63, 3.8) is 0 Å². The van der Waals surface area contributed by atoms with Gasteiger partial charge in [0.2, 0.25) is 0 Å². The van der Waals surface area contributed by atoms with Crippen molar-refractivity contribution in [2.45, 2.75) is 12.2 Å². The average Bonchev–Trinajstić information content (AvgIpc) is 1.95. The summed E-state index contributed by atoms with van der Waals surface area (Å²) in [7, 11) is 0. The minimum atomic E-state index is -1.40. The van der Waals surface area contributed by atoms with E-state index in [2.05, 4.69) is 5.32 Å². The molecule has 2 nitrogen and oxygen atoms in total. The zero-order valence-corrected chi connectivity index (χ0v) is 5.80. The van der Waals surface area contributed by atoms with Gasteiger partial charge in [0.25, 0.3) is 0 Å². The Bertz CT molecular complexity index is 191. The van der Waals surface area contributed by atoms with E-state index in [0.717, 1.165) is 6.08 Å². The predicted octanol–water partition coefficient (Wildman–Crippen LogP) is 0.656. The maximum atomic E-state index is 12.7. The summed E-state index contributed by atoms with van der Waals surface area (Å²) in [6.45, 7) is -0.315. The van der Waals surface area contributed by atoms with Crippen molar-refractivity contribution in [1.29, 1.82) is 0 Å². The molecule has 0 amide bonds. The molecule has 2 unspecified atom stereocenters. The van der Waals surface area contributed by atoms with Crippen LogP contribution in [0, 0.1) is 0 Å². The van der Waals surface area contributed by atoms with Crippen LogP contribution in [0.1, 0.15) is 0 Å². The molecule has 0 fully saturated rings. The second-order valence-corrected chi connectivity index (χ2v) is 2.24. The first-order chi connectivity index (χ1) is 5.24. The number of hydrogen-bond acceptors (Lipinski definition) is 2. The van der Waals surface area contributed by atoms with Crippen LogP contribution >= 0.6 is 0 Å². The summed E-state index contributed by atoms with van der Waals surface area (Å²) in [6, 6.07) is -0.612. The molecule has 1 aliphatic carbocycles. The summed E-state index contributed by atoms with van der Waals surface area (Å²) in [5, 5.41) is 10.8. The molecule has 0 aromatic rings. The zero-order valence-electron chi connectivity index (χ0n) is 5.80. The van der Waals surface area contributed by atoms with Gasteiger partial charge in [-0.3, -0.25) is 5.32 Å². The minimum Gasteiger partial charge on any atom is -0.381 e. The van der Waals surface area contributed by atoms with E-state index in [9.17, 15) is 8.78 Å². The van der Waals surface area contributed by atoms with Crippen LogP contribution in [0.3, 0.4) is 0 Å².